The Morgan fingerprint density at radius 1 is 1.00 bits per heavy atom. The number of nitrogens with zero attached hydrogens (tertiary/aromatic N) is 4. The minimum atomic E-state index is -4.43. The molecule has 0 unspecified atom stereocenters. The van der Waals surface area contributed by atoms with Crippen molar-refractivity contribution in [1.29, 1.82) is 0 Å². The first-order valence-electron chi connectivity index (χ1n) is 8.55. The molecule has 9 heteroatoms. The molecule has 2 heterocycles. The van der Waals surface area contributed by atoms with E-state index in [1.165, 1.54) is 18.2 Å². The highest BCUT2D eigenvalue weighted by atomic mass is 19.4. The molecule has 0 spiro atoms. The molecule has 2 aromatic rings. The van der Waals surface area contributed by atoms with E-state index in [9.17, 15) is 13.2 Å². The summed E-state index contributed by atoms with van der Waals surface area (Å²) in [5.74, 6) is 0.365. The van der Waals surface area contributed by atoms with Gasteiger partial charge in [-0.1, -0.05) is 12.1 Å². The van der Waals surface area contributed by atoms with E-state index < -0.39 is 11.7 Å². The maximum Gasteiger partial charge on any atom is 0.419 e. The molecule has 6 nitrogen and oxygen atoms in total. The largest absolute Gasteiger partial charge is 0.480 e. The van der Waals surface area contributed by atoms with E-state index in [0.29, 0.717) is 25.5 Å². The lowest BCUT2D eigenvalue weighted by Gasteiger charge is -2.34. The molecule has 0 N–H and O–H groups in total. The lowest BCUT2D eigenvalue weighted by atomic mass is 10.2. The number of aromatic nitrogens is 2. The fourth-order valence-electron chi connectivity index (χ4n) is 2.91. The van der Waals surface area contributed by atoms with Crippen molar-refractivity contribution in [2.75, 3.05) is 40.0 Å². The smallest absolute Gasteiger partial charge is 0.419 e. The summed E-state index contributed by atoms with van der Waals surface area (Å²) >= 11 is 0. The summed E-state index contributed by atoms with van der Waals surface area (Å²) in [6, 6.07) is 5.27. The van der Waals surface area contributed by atoms with Crippen LogP contribution in [0.15, 0.2) is 36.7 Å². The number of hydrogen-bond donors (Lipinski definition) is 0. The van der Waals surface area contributed by atoms with Crippen LogP contribution in [0.1, 0.15) is 11.3 Å². The average Bonchev–Trinajstić information content (AvgIpc) is 2.67. The zero-order valence-corrected chi connectivity index (χ0v) is 14.9. The van der Waals surface area contributed by atoms with E-state index in [4.69, 9.17) is 9.47 Å². The molecule has 146 valence electrons. The van der Waals surface area contributed by atoms with E-state index >= 15 is 0 Å². The molecule has 0 aliphatic carbocycles. The monoisotopic (exact) mass is 382 g/mol. The molecule has 1 saturated heterocycles. The average molecular weight is 382 g/mol. The first-order valence-corrected chi connectivity index (χ1v) is 8.55. The fraction of sp³-hybridized carbons (Fsp3) is 0.444. The van der Waals surface area contributed by atoms with Crippen molar-refractivity contribution < 1.29 is 22.6 Å². The van der Waals surface area contributed by atoms with Gasteiger partial charge in [-0.15, -0.1) is 0 Å². The van der Waals surface area contributed by atoms with Gasteiger partial charge in [0, 0.05) is 45.1 Å². The van der Waals surface area contributed by atoms with Crippen LogP contribution in [-0.4, -0.2) is 59.8 Å². The molecule has 27 heavy (non-hydrogen) atoms. The van der Waals surface area contributed by atoms with Crippen molar-refractivity contribution >= 4 is 0 Å². The number of methoxy groups -OCH3 is 1. The van der Waals surface area contributed by atoms with Crippen LogP contribution in [0.5, 0.6) is 11.6 Å². The molecule has 1 fully saturated rings. The number of halogens is 3. The Morgan fingerprint density at radius 2 is 1.67 bits per heavy atom. The van der Waals surface area contributed by atoms with Crippen molar-refractivity contribution in [2.24, 2.45) is 0 Å². The molecule has 1 aromatic heterocycles. The Balaban J connectivity index is 1.51. The number of rotatable bonds is 6. The second kappa shape index (κ2) is 8.53. The highest BCUT2D eigenvalue weighted by molar-refractivity contribution is 5.35. The summed E-state index contributed by atoms with van der Waals surface area (Å²) in [6.07, 6.45) is -1.22. The molecule has 1 aliphatic rings. The van der Waals surface area contributed by atoms with Crippen molar-refractivity contribution in [1.82, 2.24) is 19.8 Å². The number of alkyl halides is 3. The lowest BCUT2D eigenvalue weighted by Crippen LogP contribution is -2.47. The summed E-state index contributed by atoms with van der Waals surface area (Å²) in [4.78, 5) is 12.6. The molecule has 1 aliphatic heterocycles. The quantitative estimate of drug-likeness (QED) is 0.766. The maximum atomic E-state index is 13.0. The Bertz CT molecular complexity index is 749. The van der Waals surface area contributed by atoms with E-state index in [0.717, 1.165) is 24.8 Å². The van der Waals surface area contributed by atoms with Gasteiger partial charge in [-0.2, -0.15) is 13.2 Å². The number of hydrogen-bond acceptors (Lipinski definition) is 6. The maximum absolute atomic E-state index is 13.0. The van der Waals surface area contributed by atoms with Gasteiger partial charge in [0.2, 0.25) is 5.88 Å². The molecular weight excluding hydrogens is 361 g/mol. The molecule has 0 amide bonds. The van der Waals surface area contributed by atoms with E-state index in [1.54, 1.807) is 19.5 Å². The van der Waals surface area contributed by atoms with Gasteiger partial charge in [0.05, 0.1) is 12.7 Å². The summed E-state index contributed by atoms with van der Waals surface area (Å²) in [5.41, 5.74) is 0.0159. The Hall–Kier alpha value is -2.39. The van der Waals surface area contributed by atoms with Crippen molar-refractivity contribution in [3.63, 3.8) is 0 Å². The first-order chi connectivity index (χ1) is 13.0. The van der Waals surface area contributed by atoms with Crippen LogP contribution in [0.3, 0.4) is 0 Å². The van der Waals surface area contributed by atoms with Gasteiger partial charge < -0.3 is 9.47 Å². The Kier molecular flexibility index (Phi) is 6.12. The summed E-state index contributed by atoms with van der Waals surface area (Å²) < 4.78 is 49.7. The first kappa shape index (κ1) is 19.4. The van der Waals surface area contributed by atoms with Crippen molar-refractivity contribution in [2.45, 2.75) is 12.7 Å². The van der Waals surface area contributed by atoms with E-state index in [1.807, 2.05) is 4.90 Å². The Morgan fingerprint density at radius 3 is 2.37 bits per heavy atom. The predicted octanol–water partition coefficient (Wildman–Crippen LogP) is 2.66. The minimum absolute atomic E-state index is 0.120. The minimum Gasteiger partial charge on any atom is -0.480 e. The van der Waals surface area contributed by atoms with Gasteiger partial charge >= 0.3 is 6.18 Å². The molecule has 0 radical (unpaired) electrons. The number of ether oxygens (including phenoxy) is 2. The molecule has 3 rings (SSSR count). The third-order valence-electron chi connectivity index (χ3n) is 4.36. The number of piperazine rings is 1. The number of para-hydroxylation sites is 1. The van der Waals surface area contributed by atoms with Gasteiger partial charge in [-0.05, 0) is 12.1 Å². The van der Waals surface area contributed by atoms with Gasteiger partial charge in [0.15, 0.2) is 0 Å². The second-order valence-corrected chi connectivity index (χ2v) is 6.17. The van der Waals surface area contributed by atoms with Crippen LogP contribution in [0.25, 0.3) is 0 Å². The zero-order valence-electron chi connectivity index (χ0n) is 14.9. The molecular formula is C18H21F3N4O2. The summed E-state index contributed by atoms with van der Waals surface area (Å²) in [6.45, 7) is 3.62. The molecule has 0 saturated carbocycles. The molecule has 1 aromatic carbocycles. The molecule has 0 atom stereocenters. The highest BCUT2D eigenvalue weighted by Gasteiger charge is 2.34. The summed E-state index contributed by atoms with van der Waals surface area (Å²) in [7, 11) is 1.56. The van der Waals surface area contributed by atoms with Crippen LogP contribution >= 0.6 is 0 Å². The normalized spacial score (nSPS) is 16.3. The van der Waals surface area contributed by atoms with Crippen LogP contribution in [0, 0.1) is 0 Å². The van der Waals surface area contributed by atoms with E-state index in [-0.39, 0.29) is 12.5 Å². The van der Waals surface area contributed by atoms with Crippen molar-refractivity contribution in [3.05, 3.63) is 47.9 Å². The third-order valence-corrected chi connectivity index (χ3v) is 4.36. The molecule has 0 bridgehead atoms. The highest BCUT2D eigenvalue weighted by Crippen LogP contribution is 2.35. The SMILES string of the molecule is COc1nccnc1CN1CCN(COc2ccccc2C(F)(F)F)CC1. The second-order valence-electron chi connectivity index (χ2n) is 6.17. The fourth-order valence-corrected chi connectivity index (χ4v) is 2.91. The van der Waals surface area contributed by atoms with Crippen LogP contribution < -0.4 is 9.47 Å². The van der Waals surface area contributed by atoms with Gasteiger partial charge in [-0.3, -0.25) is 14.8 Å². The van der Waals surface area contributed by atoms with E-state index in [2.05, 4.69) is 14.9 Å². The number of benzene rings is 1. The summed E-state index contributed by atoms with van der Waals surface area (Å²) in [5, 5.41) is 0. The third kappa shape index (κ3) is 5.08. The van der Waals surface area contributed by atoms with Crippen LogP contribution in [0.4, 0.5) is 13.2 Å². The van der Waals surface area contributed by atoms with Crippen LogP contribution in [0.2, 0.25) is 0 Å². The van der Waals surface area contributed by atoms with Gasteiger partial charge in [-0.25, -0.2) is 4.98 Å². The Labute approximate surface area is 155 Å². The van der Waals surface area contributed by atoms with Crippen molar-refractivity contribution in [3.8, 4) is 11.6 Å². The predicted molar refractivity (Wildman–Crippen MR) is 92.4 cm³/mol. The lowest BCUT2D eigenvalue weighted by molar-refractivity contribution is -0.139. The van der Waals surface area contributed by atoms with Gasteiger partial charge in [0.25, 0.3) is 0 Å². The standard InChI is InChI=1S/C18H21F3N4O2/c1-26-17-15(22-6-7-23-17)12-24-8-10-25(11-9-24)13-27-16-5-3-2-4-14(16)18(19,20)21/h2-7H,8-13H2,1H3. The zero-order chi connectivity index (χ0) is 19.3. The topological polar surface area (TPSA) is 50.7 Å². The van der Waals surface area contributed by atoms with Crippen LogP contribution in [-0.2, 0) is 12.7 Å². The van der Waals surface area contributed by atoms with Gasteiger partial charge in [0.1, 0.15) is 18.2 Å².